The average Bonchev–Trinajstić information content (AvgIpc) is 3.28. The van der Waals surface area contributed by atoms with Crippen molar-refractivity contribution in [2.45, 2.75) is 13.8 Å². The molecule has 0 radical (unpaired) electrons. The van der Waals surface area contributed by atoms with Gasteiger partial charge in [0.1, 0.15) is 11.5 Å². The van der Waals surface area contributed by atoms with Gasteiger partial charge in [-0.15, -0.1) is 0 Å². The molecule has 172 valence electrons. The molecular formula is C24H25N3O6. The molecule has 4 rings (SSSR count). The number of aryl methyl sites for hydroxylation is 1. The van der Waals surface area contributed by atoms with E-state index in [1.807, 2.05) is 25.1 Å². The lowest BCUT2D eigenvalue weighted by molar-refractivity contribution is -0.136. The molecule has 0 saturated carbocycles. The minimum Gasteiger partial charge on any atom is -0.460 e. The Morgan fingerprint density at radius 1 is 1.00 bits per heavy atom. The Bertz CT molecular complexity index is 1180. The second-order valence-corrected chi connectivity index (χ2v) is 7.63. The monoisotopic (exact) mass is 451 g/mol. The molecule has 0 spiro atoms. The van der Waals surface area contributed by atoms with Gasteiger partial charge in [-0.05, 0) is 38.1 Å². The first-order valence-electron chi connectivity index (χ1n) is 10.8. The summed E-state index contributed by atoms with van der Waals surface area (Å²) >= 11 is 0. The molecule has 1 fully saturated rings. The number of carbonyl (C=O) groups excluding carboxylic acids is 3. The van der Waals surface area contributed by atoms with Crippen LogP contribution in [0.4, 0.5) is 4.79 Å². The van der Waals surface area contributed by atoms with Crippen molar-refractivity contribution < 1.29 is 28.3 Å². The van der Waals surface area contributed by atoms with Crippen molar-refractivity contribution in [3.8, 4) is 11.5 Å². The first kappa shape index (κ1) is 22.3. The number of amides is 2. The largest absolute Gasteiger partial charge is 0.460 e. The van der Waals surface area contributed by atoms with Gasteiger partial charge in [0, 0.05) is 31.6 Å². The zero-order valence-electron chi connectivity index (χ0n) is 18.6. The summed E-state index contributed by atoms with van der Waals surface area (Å²) in [7, 11) is 0. The number of rotatable bonds is 5. The summed E-state index contributed by atoms with van der Waals surface area (Å²) in [4.78, 5) is 45.0. The van der Waals surface area contributed by atoms with Crippen molar-refractivity contribution in [1.29, 1.82) is 0 Å². The van der Waals surface area contributed by atoms with Gasteiger partial charge in [0.05, 0.1) is 17.7 Å². The van der Waals surface area contributed by atoms with Crippen LogP contribution in [-0.2, 0) is 14.3 Å². The molecule has 3 aromatic rings. The molecule has 0 atom stereocenters. The SMILES string of the molecule is CCOC(=O)N1CCN(C(=O)COC(=O)c2cc(-c3ccc(C)o3)nc3ccccc23)CC1. The van der Waals surface area contributed by atoms with Gasteiger partial charge in [-0.2, -0.15) is 0 Å². The van der Waals surface area contributed by atoms with Crippen molar-refractivity contribution in [2.24, 2.45) is 0 Å². The quantitative estimate of drug-likeness (QED) is 0.549. The molecule has 1 aliphatic heterocycles. The number of esters is 1. The molecule has 0 bridgehead atoms. The summed E-state index contributed by atoms with van der Waals surface area (Å²) in [6, 6.07) is 12.5. The molecule has 3 heterocycles. The highest BCUT2D eigenvalue weighted by atomic mass is 16.6. The molecule has 2 aromatic heterocycles. The third-order valence-electron chi connectivity index (χ3n) is 5.41. The predicted octanol–water partition coefficient (Wildman–Crippen LogP) is 3.26. The number of carbonyl (C=O) groups is 3. The Labute approximate surface area is 190 Å². The Kier molecular flexibility index (Phi) is 6.58. The Morgan fingerprint density at radius 2 is 1.73 bits per heavy atom. The van der Waals surface area contributed by atoms with Crippen LogP contribution in [0, 0.1) is 6.92 Å². The highest BCUT2D eigenvalue weighted by Crippen LogP contribution is 2.26. The fraction of sp³-hybridized carbons (Fsp3) is 0.333. The van der Waals surface area contributed by atoms with Crippen LogP contribution in [0.5, 0.6) is 0 Å². The molecule has 33 heavy (non-hydrogen) atoms. The van der Waals surface area contributed by atoms with Crippen molar-refractivity contribution in [2.75, 3.05) is 39.4 Å². The third-order valence-corrected chi connectivity index (χ3v) is 5.41. The number of aromatic nitrogens is 1. The van der Waals surface area contributed by atoms with Crippen molar-refractivity contribution in [3.05, 3.63) is 53.8 Å². The summed E-state index contributed by atoms with van der Waals surface area (Å²) in [5.41, 5.74) is 1.44. The van der Waals surface area contributed by atoms with E-state index in [1.165, 1.54) is 0 Å². The van der Waals surface area contributed by atoms with E-state index in [-0.39, 0.29) is 18.6 Å². The Hall–Kier alpha value is -3.88. The number of nitrogens with zero attached hydrogens (tertiary/aromatic N) is 3. The number of hydrogen-bond acceptors (Lipinski definition) is 7. The zero-order valence-corrected chi connectivity index (χ0v) is 18.6. The van der Waals surface area contributed by atoms with Gasteiger partial charge in [0.25, 0.3) is 5.91 Å². The van der Waals surface area contributed by atoms with Gasteiger partial charge < -0.3 is 23.7 Å². The highest BCUT2D eigenvalue weighted by Gasteiger charge is 2.26. The Morgan fingerprint density at radius 3 is 2.42 bits per heavy atom. The van der Waals surface area contributed by atoms with E-state index < -0.39 is 5.97 Å². The second-order valence-electron chi connectivity index (χ2n) is 7.63. The minimum atomic E-state index is -0.614. The van der Waals surface area contributed by atoms with Crippen LogP contribution in [-0.4, -0.2) is 72.1 Å². The zero-order chi connectivity index (χ0) is 23.4. The van der Waals surface area contributed by atoms with E-state index in [2.05, 4.69) is 4.98 Å². The predicted molar refractivity (Wildman–Crippen MR) is 120 cm³/mol. The first-order valence-corrected chi connectivity index (χ1v) is 10.8. The number of ether oxygens (including phenoxy) is 2. The van der Waals surface area contributed by atoms with Gasteiger partial charge in [-0.25, -0.2) is 14.6 Å². The molecule has 2 amide bonds. The van der Waals surface area contributed by atoms with Crippen LogP contribution in [0.25, 0.3) is 22.4 Å². The van der Waals surface area contributed by atoms with E-state index >= 15 is 0 Å². The maximum Gasteiger partial charge on any atom is 0.409 e. The van der Waals surface area contributed by atoms with Crippen LogP contribution >= 0.6 is 0 Å². The number of para-hydroxylation sites is 1. The Balaban J connectivity index is 1.44. The molecule has 0 N–H and O–H groups in total. The second kappa shape index (κ2) is 9.72. The topological polar surface area (TPSA) is 102 Å². The normalized spacial score (nSPS) is 13.8. The van der Waals surface area contributed by atoms with Crippen molar-refractivity contribution >= 4 is 28.9 Å². The summed E-state index contributed by atoms with van der Waals surface area (Å²) in [5, 5.41) is 0.630. The average molecular weight is 451 g/mol. The van der Waals surface area contributed by atoms with Gasteiger partial charge in [0.2, 0.25) is 0 Å². The summed E-state index contributed by atoms with van der Waals surface area (Å²) < 4.78 is 16.0. The van der Waals surface area contributed by atoms with Crippen LogP contribution < -0.4 is 0 Å². The maximum atomic E-state index is 12.9. The fourth-order valence-corrected chi connectivity index (χ4v) is 3.69. The van der Waals surface area contributed by atoms with E-state index in [4.69, 9.17) is 13.9 Å². The number of benzene rings is 1. The molecule has 1 aliphatic rings. The van der Waals surface area contributed by atoms with E-state index in [0.29, 0.717) is 60.7 Å². The summed E-state index contributed by atoms with van der Waals surface area (Å²) in [6.45, 7) is 4.96. The number of pyridine rings is 1. The van der Waals surface area contributed by atoms with E-state index in [0.717, 1.165) is 5.76 Å². The maximum absolute atomic E-state index is 12.9. The highest BCUT2D eigenvalue weighted by molar-refractivity contribution is 6.05. The molecule has 1 aromatic carbocycles. The number of hydrogen-bond donors (Lipinski definition) is 0. The van der Waals surface area contributed by atoms with Crippen molar-refractivity contribution in [3.63, 3.8) is 0 Å². The van der Waals surface area contributed by atoms with E-state index in [1.54, 1.807) is 41.0 Å². The molecule has 0 unspecified atom stereocenters. The lowest BCUT2D eigenvalue weighted by Gasteiger charge is -2.33. The number of furan rings is 1. The summed E-state index contributed by atoms with van der Waals surface area (Å²) in [6.07, 6.45) is -0.386. The third kappa shape index (κ3) is 4.97. The van der Waals surface area contributed by atoms with Gasteiger partial charge in [-0.1, -0.05) is 18.2 Å². The standard InChI is InChI=1S/C24H25N3O6/c1-3-31-24(30)27-12-10-26(11-13-27)22(28)15-32-23(29)18-14-20(21-9-8-16(2)33-21)25-19-7-5-4-6-17(18)19/h4-9,14H,3,10-13,15H2,1-2H3. The number of piperazine rings is 1. The lowest BCUT2D eigenvalue weighted by atomic mass is 10.1. The smallest absolute Gasteiger partial charge is 0.409 e. The fourth-order valence-electron chi connectivity index (χ4n) is 3.69. The summed E-state index contributed by atoms with van der Waals surface area (Å²) in [5.74, 6) is 0.351. The van der Waals surface area contributed by atoms with Crippen molar-refractivity contribution in [1.82, 2.24) is 14.8 Å². The first-order chi connectivity index (χ1) is 16.0. The molecule has 0 aliphatic carbocycles. The molecule has 9 heteroatoms. The van der Waals surface area contributed by atoms with Crippen LogP contribution in [0.15, 0.2) is 46.9 Å². The van der Waals surface area contributed by atoms with Crippen LogP contribution in [0.3, 0.4) is 0 Å². The van der Waals surface area contributed by atoms with E-state index in [9.17, 15) is 14.4 Å². The molecular weight excluding hydrogens is 426 g/mol. The van der Waals surface area contributed by atoms with Gasteiger partial charge >= 0.3 is 12.1 Å². The van der Waals surface area contributed by atoms with Gasteiger partial charge in [-0.3, -0.25) is 4.79 Å². The molecule has 1 saturated heterocycles. The van der Waals surface area contributed by atoms with Crippen LogP contribution in [0.1, 0.15) is 23.0 Å². The lowest BCUT2D eigenvalue weighted by Crippen LogP contribution is -2.51. The minimum absolute atomic E-state index is 0.304. The van der Waals surface area contributed by atoms with Gasteiger partial charge in [0.15, 0.2) is 12.4 Å². The van der Waals surface area contributed by atoms with Crippen LogP contribution in [0.2, 0.25) is 0 Å². The molecule has 9 nitrogen and oxygen atoms in total. The number of fused-ring (bicyclic) bond motifs is 1.